The molecule has 0 radical (unpaired) electrons. The van der Waals surface area contributed by atoms with Crippen LogP contribution in [-0.4, -0.2) is 31.9 Å². The van der Waals surface area contributed by atoms with Gasteiger partial charge < -0.3 is 14.2 Å². The molecule has 1 unspecified atom stereocenters. The van der Waals surface area contributed by atoms with Gasteiger partial charge in [-0.3, -0.25) is 4.79 Å². The van der Waals surface area contributed by atoms with Crippen molar-refractivity contribution in [2.24, 2.45) is 0 Å². The van der Waals surface area contributed by atoms with E-state index < -0.39 is 0 Å². The molecule has 0 aromatic heterocycles. The number of hydrogen-bond donors (Lipinski definition) is 0. The Morgan fingerprint density at radius 3 is 3.00 bits per heavy atom. The van der Waals surface area contributed by atoms with Crippen LogP contribution in [0.15, 0.2) is 30.9 Å². The number of carbonyl (C=O) groups is 1. The summed E-state index contributed by atoms with van der Waals surface area (Å²) in [5.41, 5.74) is 1.52. The molecule has 0 spiro atoms. The minimum Gasteiger partial charge on any atom is -0.489 e. The molecule has 0 N–H and O–H groups in total. The Hall–Kier alpha value is -1.65. The Bertz CT molecular complexity index is 492. The second-order valence-electron chi connectivity index (χ2n) is 5.50. The van der Waals surface area contributed by atoms with E-state index in [-0.39, 0.29) is 12.4 Å². The van der Waals surface area contributed by atoms with Gasteiger partial charge >= 0.3 is 0 Å². The van der Waals surface area contributed by atoms with Crippen molar-refractivity contribution in [2.75, 3.05) is 13.2 Å². The standard InChI is InChI=1S/C18H24O4/c1-3-10-21-18-15(7-6-8-16(18)13-19)12-14(2)22-17-9-4-5-11-20-17/h3,6-8,13-14,17H,1,4-5,9-12H2,2H3/t14-,17?/m0/s1. The molecule has 0 aliphatic carbocycles. The number of ether oxygens (including phenoxy) is 3. The molecule has 0 bridgehead atoms. The van der Waals surface area contributed by atoms with Crippen LogP contribution in [0.5, 0.6) is 5.75 Å². The summed E-state index contributed by atoms with van der Waals surface area (Å²) in [4.78, 5) is 11.2. The maximum atomic E-state index is 11.2. The Morgan fingerprint density at radius 1 is 1.45 bits per heavy atom. The molecule has 4 nitrogen and oxygen atoms in total. The highest BCUT2D eigenvalue weighted by molar-refractivity contribution is 5.80. The number of para-hydroxylation sites is 1. The molecular formula is C18H24O4. The van der Waals surface area contributed by atoms with Crippen LogP contribution in [0, 0.1) is 0 Å². The molecule has 1 aromatic rings. The van der Waals surface area contributed by atoms with Crippen molar-refractivity contribution in [2.45, 2.75) is 45.0 Å². The van der Waals surface area contributed by atoms with E-state index in [1.165, 1.54) is 0 Å². The molecule has 4 heteroatoms. The second kappa shape index (κ2) is 8.71. The van der Waals surface area contributed by atoms with Gasteiger partial charge in [0.2, 0.25) is 0 Å². The lowest BCUT2D eigenvalue weighted by molar-refractivity contribution is -0.183. The number of aldehydes is 1. The van der Waals surface area contributed by atoms with Gasteiger partial charge in [-0.25, -0.2) is 0 Å². The zero-order valence-corrected chi connectivity index (χ0v) is 13.1. The van der Waals surface area contributed by atoms with Crippen LogP contribution >= 0.6 is 0 Å². The van der Waals surface area contributed by atoms with Gasteiger partial charge in [0, 0.05) is 13.0 Å². The molecule has 0 amide bonds. The van der Waals surface area contributed by atoms with Crippen molar-refractivity contribution in [1.29, 1.82) is 0 Å². The Kier molecular flexibility index (Phi) is 6.62. The number of benzene rings is 1. The SMILES string of the molecule is C=CCOc1c(C=O)cccc1C[C@H](C)OC1CCCCO1. The van der Waals surface area contributed by atoms with Crippen molar-refractivity contribution in [3.8, 4) is 5.75 Å². The van der Waals surface area contributed by atoms with E-state index in [1.54, 1.807) is 12.1 Å². The summed E-state index contributed by atoms with van der Waals surface area (Å²) in [6.45, 7) is 6.80. The monoisotopic (exact) mass is 304 g/mol. The van der Waals surface area contributed by atoms with Gasteiger partial charge in [0.25, 0.3) is 0 Å². The number of carbonyl (C=O) groups excluding carboxylic acids is 1. The van der Waals surface area contributed by atoms with Crippen LogP contribution in [0.1, 0.15) is 42.1 Å². The topological polar surface area (TPSA) is 44.8 Å². The smallest absolute Gasteiger partial charge is 0.157 e. The minimum atomic E-state index is -0.115. The maximum absolute atomic E-state index is 11.2. The van der Waals surface area contributed by atoms with Crippen LogP contribution in [0.25, 0.3) is 0 Å². The van der Waals surface area contributed by atoms with E-state index in [0.717, 1.165) is 37.7 Å². The molecule has 1 saturated heterocycles. The second-order valence-corrected chi connectivity index (χ2v) is 5.50. The lowest BCUT2D eigenvalue weighted by Crippen LogP contribution is -2.27. The average Bonchev–Trinajstić information content (AvgIpc) is 2.54. The Labute approximate surface area is 132 Å². The molecule has 1 aromatic carbocycles. The van der Waals surface area contributed by atoms with Gasteiger partial charge in [0.05, 0.1) is 11.7 Å². The predicted octanol–water partition coefficient (Wildman–Crippen LogP) is 3.54. The van der Waals surface area contributed by atoms with E-state index in [9.17, 15) is 4.79 Å². The summed E-state index contributed by atoms with van der Waals surface area (Å²) in [7, 11) is 0. The molecule has 2 atom stereocenters. The maximum Gasteiger partial charge on any atom is 0.157 e. The third kappa shape index (κ3) is 4.68. The van der Waals surface area contributed by atoms with Gasteiger partial charge in [-0.2, -0.15) is 0 Å². The van der Waals surface area contributed by atoms with Crippen LogP contribution in [-0.2, 0) is 15.9 Å². The first-order chi connectivity index (χ1) is 10.7. The molecule has 0 saturated carbocycles. The van der Waals surface area contributed by atoms with Gasteiger partial charge in [0.15, 0.2) is 12.6 Å². The highest BCUT2D eigenvalue weighted by atomic mass is 16.7. The third-order valence-corrected chi connectivity index (χ3v) is 3.63. The lowest BCUT2D eigenvalue weighted by atomic mass is 10.0. The Morgan fingerprint density at radius 2 is 2.32 bits per heavy atom. The summed E-state index contributed by atoms with van der Waals surface area (Å²) in [6, 6.07) is 5.58. The summed E-state index contributed by atoms with van der Waals surface area (Å²) < 4.78 is 17.2. The van der Waals surface area contributed by atoms with Crippen molar-refractivity contribution < 1.29 is 19.0 Å². The quantitative estimate of drug-likeness (QED) is 0.544. The van der Waals surface area contributed by atoms with Crippen LogP contribution in [0.2, 0.25) is 0 Å². The van der Waals surface area contributed by atoms with E-state index in [2.05, 4.69) is 6.58 Å². The van der Waals surface area contributed by atoms with E-state index in [4.69, 9.17) is 14.2 Å². The molecule has 22 heavy (non-hydrogen) atoms. The van der Waals surface area contributed by atoms with Crippen molar-refractivity contribution >= 4 is 6.29 Å². The highest BCUT2D eigenvalue weighted by Crippen LogP contribution is 2.26. The molecule has 1 aliphatic rings. The third-order valence-electron chi connectivity index (χ3n) is 3.63. The normalized spacial score (nSPS) is 19.4. The Balaban J connectivity index is 2.03. The van der Waals surface area contributed by atoms with Gasteiger partial charge in [0.1, 0.15) is 12.4 Å². The van der Waals surface area contributed by atoms with Crippen LogP contribution in [0.4, 0.5) is 0 Å². The molecule has 1 heterocycles. The highest BCUT2D eigenvalue weighted by Gasteiger charge is 2.19. The van der Waals surface area contributed by atoms with E-state index >= 15 is 0 Å². The minimum absolute atomic E-state index is 0.00363. The average molecular weight is 304 g/mol. The molecule has 120 valence electrons. The summed E-state index contributed by atoms with van der Waals surface area (Å²) in [6.07, 6.45) is 6.23. The van der Waals surface area contributed by atoms with Gasteiger partial charge in [-0.1, -0.05) is 24.8 Å². The summed E-state index contributed by atoms with van der Waals surface area (Å²) in [5, 5.41) is 0. The zero-order chi connectivity index (χ0) is 15.8. The first-order valence-electron chi connectivity index (χ1n) is 7.82. The van der Waals surface area contributed by atoms with Crippen LogP contribution in [0.3, 0.4) is 0 Å². The predicted molar refractivity (Wildman–Crippen MR) is 85.4 cm³/mol. The molecule has 2 rings (SSSR count). The fourth-order valence-corrected chi connectivity index (χ4v) is 2.61. The van der Waals surface area contributed by atoms with Crippen molar-refractivity contribution in [3.05, 3.63) is 42.0 Å². The first kappa shape index (κ1) is 16.7. The van der Waals surface area contributed by atoms with E-state index in [1.807, 2.05) is 19.1 Å². The van der Waals surface area contributed by atoms with Gasteiger partial charge in [-0.15, -0.1) is 0 Å². The van der Waals surface area contributed by atoms with E-state index in [0.29, 0.717) is 24.3 Å². The molecular weight excluding hydrogens is 280 g/mol. The molecule has 1 aliphatic heterocycles. The fourth-order valence-electron chi connectivity index (χ4n) is 2.61. The summed E-state index contributed by atoms with van der Waals surface area (Å²) in [5.74, 6) is 0.623. The largest absolute Gasteiger partial charge is 0.489 e. The number of rotatable bonds is 8. The number of hydrogen-bond acceptors (Lipinski definition) is 4. The fraction of sp³-hybridized carbons (Fsp3) is 0.500. The van der Waals surface area contributed by atoms with Crippen molar-refractivity contribution in [3.63, 3.8) is 0 Å². The lowest BCUT2D eigenvalue weighted by Gasteiger charge is -2.26. The molecule has 1 fully saturated rings. The van der Waals surface area contributed by atoms with Gasteiger partial charge in [-0.05, 0) is 37.8 Å². The zero-order valence-electron chi connectivity index (χ0n) is 13.1. The van der Waals surface area contributed by atoms with Crippen molar-refractivity contribution in [1.82, 2.24) is 0 Å². The van der Waals surface area contributed by atoms with Crippen LogP contribution < -0.4 is 4.74 Å². The summed E-state index contributed by atoms with van der Waals surface area (Å²) >= 11 is 0. The first-order valence-corrected chi connectivity index (χ1v) is 7.82.